The highest BCUT2D eigenvalue weighted by Crippen LogP contribution is 2.42. The number of amides is 1. The molecule has 1 heterocycles. The van der Waals surface area contributed by atoms with E-state index in [0.29, 0.717) is 21.9 Å². The van der Waals surface area contributed by atoms with Gasteiger partial charge in [0, 0.05) is 22.2 Å². The van der Waals surface area contributed by atoms with Crippen molar-refractivity contribution in [3.8, 4) is 11.5 Å². The molecular formula is C15H8Cl2N2O4. The van der Waals surface area contributed by atoms with Gasteiger partial charge in [0.25, 0.3) is 5.69 Å². The smallest absolute Gasteiger partial charge is 0.274 e. The van der Waals surface area contributed by atoms with Gasteiger partial charge in [-0.15, -0.1) is 0 Å². The Bertz CT molecular complexity index is 894. The third-order valence-electron chi connectivity index (χ3n) is 3.28. The molecule has 116 valence electrons. The molecule has 0 spiro atoms. The Morgan fingerprint density at radius 3 is 2.57 bits per heavy atom. The highest BCUT2D eigenvalue weighted by Gasteiger charge is 2.23. The number of hydrogen-bond acceptors (Lipinski definition) is 4. The number of nitro benzene ring substituents is 1. The van der Waals surface area contributed by atoms with E-state index in [4.69, 9.17) is 33.7 Å². The summed E-state index contributed by atoms with van der Waals surface area (Å²) < 4.78 is 5.70. The van der Waals surface area contributed by atoms with E-state index in [2.05, 4.69) is 0 Å². The fraction of sp³-hybridized carbons (Fsp3) is 0. The molecule has 0 saturated carbocycles. The van der Waals surface area contributed by atoms with E-state index in [0.717, 1.165) is 6.07 Å². The molecule has 1 aliphatic heterocycles. The molecule has 0 radical (unpaired) electrons. The number of benzene rings is 2. The van der Waals surface area contributed by atoms with Crippen LogP contribution in [0, 0.1) is 10.1 Å². The van der Waals surface area contributed by atoms with Crippen molar-refractivity contribution in [2.45, 2.75) is 0 Å². The first-order valence-electron chi connectivity index (χ1n) is 6.34. The van der Waals surface area contributed by atoms with E-state index in [9.17, 15) is 14.9 Å². The number of ether oxygens (including phenoxy) is 1. The summed E-state index contributed by atoms with van der Waals surface area (Å²) in [6.45, 7) is 0. The van der Waals surface area contributed by atoms with Crippen LogP contribution < -0.4 is 10.5 Å². The van der Waals surface area contributed by atoms with E-state index in [1.165, 1.54) is 12.1 Å². The first-order valence-corrected chi connectivity index (χ1v) is 7.09. The summed E-state index contributed by atoms with van der Waals surface area (Å²) in [5.74, 6) is -0.387. The quantitative estimate of drug-likeness (QED) is 0.551. The first kappa shape index (κ1) is 15.3. The molecule has 0 aliphatic carbocycles. The molecule has 2 aromatic rings. The van der Waals surface area contributed by atoms with Crippen molar-refractivity contribution in [1.29, 1.82) is 0 Å². The van der Waals surface area contributed by atoms with Crippen LogP contribution >= 0.6 is 23.2 Å². The number of nitrogens with zero attached hydrogens (tertiary/aromatic N) is 1. The molecule has 2 aromatic carbocycles. The van der Waals surface area contributed by atoms with Gasteiger partial charge in [0.2, 0.25) is 5.91 Å². The van der Waals surface area contributed by atoms with Gasteiger partial charge in [-0.3, -0.25) is 14.9 Å². The third kappa shape index (κ3) is 2.74. The number of hydrogen-bond donors (Lipinski definition) is 1. The maximum absolute atomic E-state index is 11.6. The van der Waals surface area contributed by atoms with Crippen LogP contribution in [0.2, 0.25) is 10.0 Å². The molecule has 8 heteroatoms. The number of primary amides is 1. The van der Waals surface area contributed by atoms with Crippen molar-refractivity contribution in [3.63, 3.8) is 0 Å². The topological polar surface area (TPSA) is 95.5 Å². The predicted octanol–water partition coefficient (Wildman–Crippen LogP) is 4.28. The molecule has 0 aromatic heterocycles. The molecule has 2 N–H and O–H groups in total. The van der Waals surface area contributed by atoms with Gasteiger partial charge < -0.3 is 10.5 Å². The van der Waals surface area contributed by atoms with Crippen LogP contribution in [0.3, 0.4) is 0 Å². The zero-order chi connectivity index (χ0) is 16.7. The summed E-state index contributed by atoms with van der Waals surface area (Å²) in [7, 11) is 0. The number of nitro groups is 1. The van der Waals surface area contributed by atoms with Gasteiger partial charge in [-0.25, -0.2) is 0 Å². The lowest BCUT2D eigenvalue weighted by Crippen LogP contribution is -2.13. The number of halogens is 2. The number of carbonyl (C=O) groups excluding carboxylic acids is 1. The number of nitrogens with two attached hydrogens (primary N) is 1. The molecule has 0 bridgehead atoms. The second-order valence-electron chi connectivity index (χ2n) is 4.77. The maximum atomic E-state index is 11.6. The van der Waals surface area contributed by atoms with Crippen LogP contribution in [0.1, 0.15) is 21.5 Å². The summed E-state index contributed by atoms with van der Waals surface area (Å²) in [4.78, 5) is 22.0. The van der Waals surface area contributed by atoms with Crippen LogP contribution in [0.15, 0.2) is 24.3 Å². The van der Waals surface area contributed by atoms with Crippen molar-refractivity contribution >= 4 is 46.9 Å². The normalized spacial score (nSPS) is 11.9. The lowest BCUT2D eigenvalue weighted by Gasteiger charge is -2.12. The Morgan fingerprint density at radius 2 is 1.91 bits per heavy atom. The minimum atomic E-state index is -0.798. The van der Waals surface area contributed by atoms with Crippen molar-refractivity contribution in [2.75, 3.05) is 0 Å². The Kier molecular flexibility index (Phi) is 3.71. The number of carbonyl (C=O) groups is 1. The molecule has 0 unspecified atom stereocenters. The van der Waals surface area contributed by atoms with Crippen LogP contribution in [-0.4, -0.2) is 10.8 Å². The van der Waals surface area contributed by atoms with Crippen LogP contribution in [0.25, 0.3) is 12.2 Å². The predicted molar refractivity (Wildman–Crippen MR) is 87.1 cm³/mol. The molecule has 0 fully saturated rings. The fourth-order valence-corrected chi connectivity index (χ4v) is 2.82. The number of non-ortho nitro benzene ring substituents is 1. The van der Waals surface area contributed by atoms with E-state index in [1.807, 2.05) is 0 Å². The van der Waals surface area contributed by atoms with Gasteiger partial charge in [-0.05, 0) is 18.2 Å². The molecule has 3 rings (SSSR count). The number of rotatable bonds is 2. The summed E-state index contributed by atoms with van der Waals surface area (Å²) in [5, 5.41) is 11.7. The Labute approximate surface area is 140 Å². The summed E-state index contributed by atoms with van der Waals surface area (Å²) >= 11 is 12.1. The lowest BCUT2D eigenvalue weighted by atomic mass is 10.0. The summed E-state index contributed by atoms with van der Waals surface area (Å²) in [6.07, 6.45) is 3.23. The lowest BCUT2D eigenvalue weighted by molar-refractivity contribution is -0.384. The first-order chi connectivity index (χ1) is 10.9. The average Bonchev–Trinajstić information content (AvgIpc) is 2.65. The zero-order valence-electron chi connectivity index (χ0n) is 11.4. The highest BCUT2D eigenvalue weighted by atomic mass is 35.5. The third-order valence-corrected chi connectivity index (χ3v) is 3.78. The standard InChI is InChI=1S/C15H8Cl2N2O4/c16-8-3-7-1-2-10-11(15(18)20)5-9(19(21)22)6-13(10)23-14(7)12(17)4-8/h1-6H,(H2,18,20). The van der Waals surface area contributed by atoms with Crippen molar-refractivity contribution in [1.82, 2.24) is 0 Å². The molecule has 0 atom stereocenters. The molecule has 6 nitrogen and oxygen atoms in total. The van der Waals surface area contributed by atoms with Crippen molar-refractivity contribution in [3.05, 3.63) is 61.1 Å². The van der Waals surface area contributed by atoms with Gasteiger partial charge in [0.15, 0.2) is 5.75 Å². The van der Waals surface area contributed by atoms with E-state index in [-0.39, 0.29) is 22.0 Å². The fourth-order valence-electron chi connectivity index (χ4n) is 2.27. The Morgan fingerprint density at radius 1 is 1.17 bits per heavy atom. The largest absolute Gasteiger partial charge is 0.454 e. The summed E-state index contributed by atoms with van der Waals surface area (Å²) in [5.41, 5.74) is 5.92. The van der Waals surface area contributed by atoms with Gasteiger partial charge in [0.05, 0.1) is 21.6 Å². The average molecular weight is 351 g/mol. The molecule has 1 aliphatic rings. The Balaban J connectivity index is 2.27. The van der Waals surface area contributed by atoms with E-state index < -0.39 is 10.8 Å². The van der Waals surface area contributed by atoms with Gasteiger partial charge in [-0.2, -0.15) is 0 Å². The van der Waals surface area contributed by atoms with Crippen molar-refractivity contribution < 1.29 is 14.5 Å². The van der Waals surface area contributed by atoms with E-state index >= 15 is 0 Å². The van der Waals surface area contributed by atoms with Gasteiger partial charge in [-0.1, -0.05) is 29.3 Å². The van der Waals surface area contributed by atoms with Gasteiger partial charge in [0.1, 0.15) is 5.75 Å². The highest BCUT2D eigenvalue weighted by molar-refractivity contribution is 6.36. The van der Waals surface area contributed by atoms with E-state index in [1.54, 1.807) is 18.2 Å². The van der Waals surface area contributed by atoms with Crippen LogP contribution in [-0.2, 0) is 0 Å². The molecule has 0 saturated heterocycles. The molecule has 23 heavy (non-hydrogen) atoms. The second-order valence-corrected chi connectivity index (χ2v) is 5.61. The Hall–Kier alpha value is -2.57. The van der Waals surface area contributed by atoms with Crippen LogP contribution in [0.4, 0.5) is 5.69 Å². The zero-order valence-corrected chi connectivity index (χ0v) is 12.9. The molecular weight excluding hydrogens is 343 g/mol. The maximum Gasteiger partial charge on any atom is 0.274 e. The molecule has 1 amide bonds. The van der Waals surface area contributed by atoms with Crippen molar-refractivity contribution in [2.24, 2.45) is 5.73 Å². The van der Waals surface area contributed by atoms with Gasteiger partial charge >= 0.3 is 0 Å². The minimum absolute atomic E-state index is 0.0134. The minimum Gasteiger partial charge on any atom is -0.454 e. The number of fused-ring (bicyclic) bond motifs is 2. The SMILES string of the molecule is NC(=O)c1cc([N+](=O)[O-])cc2c1C=Cc1cc(Cl)cc(Cl)c1O2. The monoisotopic (exact) mass is 350 g/mol. The second kappa shape index (κ2) is 5.57. The van der Waals surface area contributed by atoms with Crippen LogP contribution in [0.5, 0.6) is 11.5 Å². The summed E-state index contributed by atoms with van der Waals surface area (Å²) in [6, 6.07) is 5.45.